The summed E-state index contributed by atoms with van der Waals surface area (Å²) in [7, 11) is 0. The summed E-state index contributed by atoms with van der Waals surface area (Å²) in [5.74, 6) is 2.60. The van der Waals surface area contributed by atoms with Crippen LogP contribution in [-0.4, -0.2) is 12.6 Å². The van der Waals surface area contributed by atoms with Crippen molar-refractivity contribution in [2.75, 3.05) is 6.54 Å². The summed E-state index contributed by atoms with van der Waals surface area (Å²) >= 11 is 0. The van der Waals surface area contributed by atoms with E-state index in [1.54, 1.807) is 0 Å². The van der Waals surface area contributed by atoms with E-state index in [4.69, 9.17) is 11.7 Å². The third kappa shape index (κ3) is 6.20. The Labute approximate surface area is 81.3 Å². The molecule has 0 bridgehead atoms. The highest BCUT2D eigenvalue weighted by Crippen LogP contribution is 2.17. The molecule has 2 heteroatoms. The fraction of sp³-hybridized carbons (Fsp3) is 0.727. The lowest BCUT2D eigenvalue weighted by Crippen LogP contribution is -2.29. The third-order valence-corrected chi connectivity index (χ3v) is 1.97. The predicted octanol–water partition coefficient (Wildman–Crippen LogP) is 1.93. The van der Waals surface area contributed by atoms with Gasteiger partial charge in [-0.25, -0.2) is 0 Å². The predicted molar refractivity (Wildman–Crippen MR) is 54.9 cm³/mol. The minimum Gasteiger partial charge on any atom is -0.313 e. The van der Waals surface area contributed by atoms with Crippen molar-refractivity contribution in [1.82, 2.24) is 5.32 Å². The first-order chi connectivity index (χ1) is 6.02. The van der Waals surface area contributed by atoms with Gasteiger partial charge in [-0.2, -0.15) is 5.26 Å². The molecule has 2 nitrogen and oxygen atoms in total. The first kappa shape index (κ1) is 12.0. The molecular weight excluding hydrogens is 160 g/mol. The van der Waals surface area contributed by atoms with Crippen LogP contribution in [0.3, 0.4) is 0 Å². The van der Waals surface area contributed by atoms with Crippen molar-refractivity contribution < 1.29 is 0 Å². The first-order valence-electron chi connectivity index (χ1n) is 4.60. The molecule has 1 unspecified atom stereocenters. The molecule has 13 heavy (non-hydrogen) atoms. The highest BCUT2D eigenvalue weighted by molar-refractivity contribution is 4.92. The third-order valence-electron chi connectivity index (χ3n) is 1.97. The Kier molecular flexibility index (Phi) is 5.19. The topological polar surface area (TPSA) is 35.8 Å². The highest BCUT2D eigenvalue weighted by Gasteiger charge is 2.15. The largest absolute Gasteiger partial charge is 0.313 e. The van der Waals surface area contributed by atoms with Crippen LogP contribution in [0.25, 0.3) is 0 Å². The van der Waals surface area contributed by atoms with E-state index in [2.05, 4.69) is 24.2 Å². The van der Waals surface area contributed by atoms with Crippen molar-refractivity contribution >= 4 is 0 Å². The Hall–Kier alpha value is -0.990. The second-order valence-electron chi connectivity index (χ2n) is 4.01. The fourth-order valence-corrected chi connectivity index (χ4v) is 0.936. The summed E-state index contributed by atoms with van der Waals surface area (Å²) < 4.78 is 0. The second-order valence-corrected chi connectivity index (χ2v) is 4.01. The van der Waals surface area contributed by atoms with E-state index in [9.17, 15) is 0 Å². The average molecular weight is 178 g/mol. The zero-order chi connectivity index (χ0) is 10.3. The van der Waals surface area contributed by atoms with Crippen LogP contribution in [0, 0.1) is 29.1 Å². The Morgan fingerprint density at radius 2 is 2.15 bits per heavy atom. The Bertz CT molecular complexity index is 217. The van der Waals surface area contributed by atoms with Gasteiger partial charge in [0.2, 0.25) is 0 Å². The van der Waals surface area contributed by atoms with Crippen LogP contribution in [-0.2, 0) is 0 Å². The molecule has 0 aromatic rings. The lowest BCUT2D eigenvalue weighted by molar-refractivity contribution is 0.415. The lowest BCUT2D eigenvalue weighted by atomic mass is 9.91. The molecule has 0 aliphatic rings. The summed E-state index contributed by atoms with van der Waals surface area (Å²) in [6.07, 6.45) is 6.77. The van der Waals surface area contributed by atoms with Crippen molar-refractivity contribution in [1.29, 1.82) is 5.26 Å². The molecule has 0 fully saturated rings. The SMILES string of the molecule is C#CCC(C)NCCC(C)(C)C#N. The van der Waals surface area contributed by atoms with Gasteiger partial charge in [-0.05, 0) is 33.7 Å². The summed E-state index contributed by atoms with van der Waals surface area (Å²) in [6.45, 7) is 6.80. The Balaban J connectivity index is 3.58. The van der Waals surface area contributed by atoms with E-state index in [1.165, 1.54) is 0 Å². The van der Waals surface area contributed by atoms with Gasteiger partial charge in [0.1, 0.15) is 0 Å². The van der Waals surface area contributed by atoms with Crippen LogP contribution in [0.2, 0.25) is 0 Å². The maximum absolute atomic E-state index is 8.75. The molecule has 0 spiro atoms. The number of rotatable bonds is 5. The molecule has 1 atom stereocenters. The molecule has 0 saturated carbocycles. The Morgan fingerprint density at radius 3 is 2.62 bits per heavy atom. The van der Waals surface area contributed by atoms with E-state index < -0.39 is 0 Å². The molecule has 1 N–H and O–H groups in total. The molecule has 0 saturated heterocycles. The van der Waals surface area contributed by atoms with Gasteiger partial charge in [-0.3, -0.25) is 0 Å². The second kappa shape index (κ2) is 5.62. The number of nitrogens with zero attached hydrogens (tertiary/aromatic N) is 1. The standard InChI is InChI=1S/C11H18N2/c1-5-6-10(2)13-8-7-11(3,4)9-12/h1,10,13H,6-8H2,2-4H3. The molecule has 0 heterocycles. The van der Waals surface area contributed by atoms with E-state index >= 15 is 0 Å². The van der Waals surface area contributed by atoms with Crippen molar-refractivity contribution in [3.05, 3.63) is 0 Å². The van der Waals surface area contributed by atoms with E-state index in [0.717, 1.165) is 19.4 Å². The van der Waals surface area contributed by atoms with Gasteiger partial charge >= 0.3 is 0 Å². The van der Waals surface area contributed by atoms with Crippen LogP contribution < -0.4 is 5.32 Å². The smallest absolute Gasteiger partial charge is 0.0684 e. The van der Waals surface area contributed by atoms with Crippen LogP contribution in [0.1, 0.15) is 33.6 Å². The van der Waals surface area contributed by atoms with Gasteiger partial charge in [0.05, 0.1) is 11.5 Å². The summed E-state index contributed by atoms with van der Waals surface area (Å²) in [5.41, 5.74) is -0.233. The van der Waals surface area contributed by atoms with Gasteiger partial charge in [0.15, 0.2) is 0 Å². The van der Waals surface area contributed by atoms with Crippen molar-refractivity contribution in [3.8, 4) is 18.4 Å². The van der Waals surface area contributed by atoms with Crippen molar-refractivity contribution in [2.24, 2.45) is 5.41 Å². The molecule has 0 aromatic heterocycles. The van der Waals surface area contributed by atoms with Gasteiger partial charge in [0.25, 0.3) is 0 Å². The molecule has 0 amide bonds. The maximum Gasteiger partial charge on any atom is 0.0684 e. The van der Waals surface area contributed by atoms with Crippen molar-refractivity contribution in [2.45, 2.75) is 39.7 Å². The quantitative estimate of drug-likeness (QED) is 0.653. The number of hydrogen-bond acceptors (Lipinski definition) is 2. The number of hydrogen-bond donors (Lipinski definition) is 1. The summed E-state index contributed by atoms with van der Waals surface area (Å²) in [6, 6.07) is 2.61. The zero-order valence-electron chi connectivity index (χ0n) is 8.72. The van der Waals surface area contributed by atoms with Gasteiger partial charge in [-0.1, -0.05) is 0 Å². The maximum atomic E-state index is 8.75. The van der Waals surface area contributed by atoms with E-state index in [1.807, 2.05) is 13.8 Å². The lowest BCUT2D eigenvalue weighted by Gasteiger charge is -2.17. The monoisotopic (exact) mass is 178 g/mol. The normalized spacial score (nSPS) is 13.0. The zero-order valence-corrected chi connectivity index (χ0v) is 8.72. The van der Waals surface area contributed by atoms with Crippen LogP contribution in [0.15, 0.2) is 0 Å². The molecule has 72 valence electrons. The minimum atomic E-state index is -0.233. The van der Waals surface area contributed by atoms with Gasteiger partial charge in [-0.15, -0.1) is 12.3 Å². The van der Waals surface area contributed by atoms with Gasteiger partial charge in [0, 0.05) is 12.5 Å². The molecule has 0 radical (unpaired) electrons. The van der Waals surface area contributed by atoms with Gasteiger partial charge < -0.3 is 5.32 Å². The Morgan fingerprint density at radius 1 is 1.54 bits per heavy atom. The fourth-order valence-electron chi connectivity index (χ4n) is 0.936. The molecule has 0 rings (SSSR count). The summed E-state index contributed by atoms with van der Waals surface area (Å²) in [4.78, 5) is 0. The van der Waals surface area contributed by atoms with E-state index in [0.29, 0.717) is 6.04 Å². The highest BCUT2D eigenvalue weighted by atomic mass is 14.9. The van der Waals surface area contributed by atoms with Crippen molar-refractivity contribution in [3.63, 3.8) is 0 Å². The van der Waals surface area contributed by atoms with E-state index in [-0.39, 0.29) is 5.41 Å². The number of nitriles is 1. The van der Waals surface area contributed by atoms with Crippen LogP contribution in [0.5, 0.6) is 0 Å². The molecule has 0 aromatic carbocycles. The van der Waals surface area contributed by atoms with Crippen LogP contribution >= 0.6 is 0 Å². The minimum absolute atomic E-state index is 0.233. The number of nitrogens with one attached hydrogen (secondary N) is 1. The molecule has 0 aliphatic heterocycles. The summed E-state index contributed by atoms with van der Waals surface area (Å²) in [5, 5.41) is 12.0. The molecule has 0 aliphatic carbocycles. The van der Waals surface area contributed by atoms with Crippen LogP contribution in [0.4, 0.5) is 0 Å². The first-order valence-corrected chi connectivity index (χ1v) is 4.60. The number of terminal acetylenes is 1. The molecular formula is C11H18N2. The average Bonchev–Trinajstić information content (AvgIpc) is 2.05.